The molecule has 5 rings (SSSR count). The third kappa shape index (κ3) is 3.28. The number of anilines is 2. The van der Waals surface area contributed by atoms with Crippen molar-refractivity contribution in [1.82, 2.24) is 25.5 Å². The molecule has 4 aromatic rings. The second-order valence-electron chi connectivity index (χ2n) is 7.92. The number of hydrogen-bond donors (Lipinski definition) is 3. The molecular weight excluding hydrogens is 403 g/mol. The summed E-state index contributed by atoms with van der Waals surface area (Å²) in [6, 6.07) is 3.27. The number of nitrogens with one attached hydrogen (secondary N) is 3. The molecule has 1 amide bonds. The first-order valence-corrected chi connectivity index (χ1v) is 10.8. The Kier molecular flexibility index (Phi) is 4.62. The van der Waals surface area contributed by atoms with Crippen LogP contribution in [0.4, 0.5) is 15.9 Å². The van der Waals surface area contributed by atoms with Gasteiger partial charge in [-0.1, -0.05) is 0 Å². The molecule has 7 nitrogen and oxygen atoms in total. The SMILES string of the molecule is CC(C)NC(=O)C1CCc2c(sc3ncnc(Nc4cc5cn[nH]c5cc4F)c23)C1. The van der Waals surface area contributed by atoms with Crippen LogP contribution in [0.25, 0.3) is 21.1 Å². The number of aromatic nitrogens is 4. The van der Waals surface area contributed by atoms with Crippen molar-refractivity contribution in [3.05, 3.63) is 40.9 Å². The van der Waals surface area contributed by atoms with E-state index in [0.29, 0.717) is 23.4 Å². The third-order valence-corrected chi connectivity index (χ3v) is 6.59. The Bertz CT molecular complexity index is 1260. The summed E-state index contributed by atoms with van der Waals surface area (Å²) in [6.45, 7) is 3.94. The summed E-state index contributed by atoms with van der Waals surface area (Å²) < 4.78 is 14.6. The topological polar surface area (TPSA) is 95.6 Å². The quantitative estimate of drug-likeness (QED) is 0.459. The first-order chi connectivity index (χ1) is 14.5. The number of carbonyl (C=O) groups excluding carboxylic acids is 1. The summed E-state index contributed by atoms with van der Waals surface area (Å²) in [5.74, 6) is 0.281. The van der Waals surface area contributed by atoms with E-state index in [0.717, 1.165) is 38.9 Å². The number of aryl methyl sites for hydroxylation is 1. The minimum atomic E-state index is -0.381. The van der Waals surface area contributed by atoms with Crippen LogP contribution in [0.3, 0.4) is 0 Å². The van der Waals surface area contributed by atoms with Gasteiger partial charge in [0.1, 0.15) is 22.8 Å². The molecule has 3 heterocycles. The van der Waals surface area contributed by atoms with Gasteiger partial charge in [-0.15, -0.1) is 11.3 Å². The second kappa shape index (κ2) is 7.32. The average Bonchev–Trinajstić information content (AvgIpc) is 3.31. The van der Waals surface area contributed by atoms with Crippen molar-refractivity contribution in [1.29, 1.82) is 0 Å². The predicted octanol–water partition coefficient (Wildman–Crippen LogP) is 4.08. The van der Waals surface area contributed by atoms with Crippen LogP contribution in [-0.2, 0) is 17.6 Å². The number of hydrogen-bond acceptors (Lipinski definition) is 6. The van der Waals surface area contributed by atoms with Gasteiger partial charge in [0.05, 0.1) is 22.8 Å². The van der Waals surface area contributed by atoms with Crippen LogP contribution in [-0.4, -0.2) is 32.1 Å². The molecule has 1 atom stereocenters. The number of benzene rings is 1. The minimum Gasteiger partial charge on any atom is -0.354 e. The van der Waals surface area contributed by atoms with Gasteiger partial charge in [-0.3, -0.25) is 9.89 Å². The number of carbonyl (C=O) groups is 1. The number of thiophene rings is 1. The zero-order valence-electron chi connectivity index (χ0n) is 16.6. The molecule has 0 spiro atoms. The van der Waals surface area contributed by atoms with Crippen molar-refractivity contribution in [2.45, 2.75) is 39.2 Å². The predicted molar refractivity (Wildman–Crippen MR) is 116 cm³/mol. The molecule has 3 N–H and O–H groups in total. The monoisotopic (exact) mass is 424 g/mol. The molecule has 1 aliphatic carbocycles. The van der Waals surface area contributed by atoms with Crippen molar-refractivity contribution >= 4 is 49.9 Å². The van der Waals surface area contributed by atoms with Gasteiger partial charge in [-0.25, -0.2) is 14.4 Å². The maximum atomic E-state index is 14.6. The molecule has 0 fully saturated rings. The summed E-state index contributed by atoms with van der Waals surface area (Å²) in [4.78, 5) is 23.3. The number of fused-ring (bicyclic) bond motifs is 4. The van der Waals surface area contributed by atoms with Gasteiger partial charge < -0.3 is 10.6 Å². The molecule has 1 unspecified atom stereocenters. The highest BCUT2D eigenvalue weighted by molar-refractivity contribution is 7.19. The van der Waals surface area contributed by atoms with Gasteiger partial charge in [-0.2, -0.15) is 5.10 Å². The van der Waals surface area contributed by atoms with Crippen molar-refractivity contribution < 1.29 is 9.18 Å². The number of amides is 1. The van der Waals surface area contributed by atoms with Crippen LogP contribution in [0.15, 0.2) is 24.7 Å². The standard InChI is InChI=1S/C21H21FN6OS/c1-10(2)26-20(29)11-3-4-13-17(6-11)30-21-18(13)19(23-9-24-21)27-16-5-12-8-25-28-15(12)7-14(16)22/h5,7-11H,3-4,6H2,1-2H3,(H,25,28)(H,26,29)(H,23,24,27). The van der Waals surface area contributed by atoms with Crippen LogP contribution in [0.1, 0.15) is 30.7 Å². The summed E-state index contributed by atoms with van der Waals surface area (Å²) >= 11 is 1.59. The highest BCUT2D eigenvalue weighted by Gasteiger charge is 2.29. The molecular formula is C21H21FN6OS. The Morgan fingerprint density at radius 1 is 1.33 bits per heavy atom. The lowest BCUT2D eigenvalue weighted by molar-refractivity contribution is -0.125. The smallest absolute Gasteiger partial charge is 0.223 e. The largest absolute Gasteiger partial charge is 0.354 e. The van der Waals surface area contributed by atoms with E-state index in [1.807, 2.05) is 13.8 Å². The van der Waals surface area contributed by atoms with E-state index >= 15 is 0 Å². The molecule has 0 saturated carbocycles. The van der Waals surface area contributed by atoms with Crippen LogP contribution >= 0.6 is 11.3 Å². The highest BCUT2D eigenvalue weighted by atomic mass is 32.1. The molecule has 3 aromatic heterocycles. The Morgan fingerprint density at radius 3 is 3.03 bits per heavy atom. The Morgan fingerprint density at radius 2 is 2.20 bits per heavy atom. The lowest BCUT2D eigenvalue weighted by Gasteiger charge is -2.22. The van der Waals surface area contributed by atoms with E-state index in [1.165, 1.54) is 12.4 Å². The first-order valence-electron chi connectivity index (χ1n) is 9.95. The first kappa shape index (κ1) is 18.9. The fraction of sp³-hybridized carbons (Fsp3) is 0.333. The number of rotatable bonds is 4. The van der Waals surface area contributed by atoms with Crippen molar-refractivity contribution in [2.75, 3.05) is 5.32 Å². The van der Waals surface area contributed by atoms with Gasteiger partial charge in [-0.05, 0) is 44.7 Å². The second-order valence-corrected chi connectivity index (χ2v) is 9.01. The number of aromatic amines is 1. The van der Waals surface area contributed by atoms with Crippen LogP contribution in [0.2, 0.25) is 0 Å². The van der Waals surface area contributed by atoms with Crippen LogP contribution in [0.5, 0.6) is 0 Å². The fourth-order valence-corrected chi connectivity index (χ4v) is 5.29. The number of halogens is 1. The Hall–Kier alpha value is -3.07. The average molecular weight is 425 g/mol. The molecule has 0 bridgehead atoms. The van der Waals surface area contributed by atoms with E-state index in [1.54, 1.807) is 23.6 Å². The summed E-state index contributed by atoms with van der Waals surface area (Å²) in [7, 11) is 0. The fourth-order valence-electron chi connectivity index (χ4n) is 4.02. The Labute approximate surface area is 176 Å². The molecule has 0 aliphatic heterocycles. The van der Waals surface area contributed by atoms with Gasteiger partial charge >= 0.3 is 0 Å². The van der Waals surface area contributed by atoms with Crippen molar-refractivity contribution in [2.24, 2.45) is 5.92 Å². The maximum Gasteiger partial charge on any atom is 0.223 e. The molecule has 0 radical (unpaired) electrons. The lowest BCUT2D eigenvalue weighted by Crippen LogP contribution is -2.37. The van der Waals surface area contributed by atoms with Crippen LogP contribution in [0, 0.1) is 11.7 Å². The lowest BCUT2D eigenvalue weighted by atomic mass is 9.87. The van der Waals surface area contributed by atoms with E-state index in [9.17, 15) is 9.18 Å². The van der Waals surface area contributed by atoms with E-state index in [2.05, 4.69) is 30.8 Å². The molecule has 9 heteroatoms. The molecule has 1 aliphatic rings. The summed E-state index contributed by atoms with van der Waals surface area (Å²) in [5.41, 5.74) is 2.15. The summed E-state index contributed by atoms with van der Waals surface area (Å²) in [6.07, 6.45) is 5.40. The van der Waals surface area contributed by atoms with Gasteiger partial charge in [0.2, 0.25) is 5.91 Å². The van der Waals surface area contributed by atoms with E-state index in [-0.39, 0.29) is 23.7 Å². The third-order valence-electron chi connectivity index (χ3n) is 5.43. The zero-order valence-corrected chi connectivity index (χ0v) is 17.4. The van der Waals surface area contributed by atoms with Gasteiger partial charge in [0, 0.05) is 28.3 Å². The van der Waals surface area contributed by atoms with Gasteiger partial charge in [0.25, 0.3) is 0 Å². The zero-order chi connectivity index (χ0) is 20.8. The van der Waals surface area contributed by atoms with Crippen LogP contribution < -0.4 is 10.6 Å². The molecule has 30 heavy (non-hydrogen) atoms. The minimum absolute atomic E-state index is 0.0294. The van der Waals surface area contributed by atoms with E-state index < -0.39 is 0 Å². The van der Waals surface area contributed by atoms with Crippen molar-refractivity contribution in [3.8, 4) is 0 Å². The van der Waals surface area contributed by atoms with E-state index in [4.69, 9.17) is 0 Å². The van der Waals surface area contributed by atoms with Crippen molar-refractivity contribution in [3.63, 3.8) is 0 Å². The Balaban J connectivity index is 1.50. The molecule has 0 saturated heterocycles. The number of nitrogens with zero attached hydrogens (tertiary/aromatic N) is 3. The molecule has 154 valence electrons. The van der Waals surface area contributed by atoms with Gasteiger partial charge in [0.15, 0.2) is 0 Å². The summed E-state index contributed by atoms with van der Waals surface area (Å²) in [5, 5.41) is 14.6. The normalized spacial score (nSPS) is 16.2. The molecule has 1 aromatic carbocycles. The maximum absolute atomic E-state index is 14.6. The highest BCUT2D eigenvalue weighted by Crippen LogP contribution is 2.40. The number of H-pyrrole nitrogens is 1.